The number of H-pyrrole nitrogens is 1. The lowest BCUT2D eigenvalue weighted by Gasteiger charge is -2.08. The molecule has 1 rings (SSSR count). The van der Waals surface area contributed by atoms with E-state index in [9.17, 15) is 4.79 Å². The van der Waals surface area contributed by atoms with Crippen molar-refractivity contribution >= 4 is 18.2 Å². The summed E-state index contributed by atoms with van der Waals surface area (Å²) in [4.78, 5) is 10.4. The van der Waals surface area contributed by atoms with Crippen LogP contribution in [0.2, 0.25) is 0 Å². The molecule has 84 valence electrons. The summed E-state index contributed by atoms with van der Waals surface area (Å²) in [6.07, 6.45) is 0.493. The minimum atomic E-state index is -0.819. The SMILES string of the molecule is CC(C)Cn1c(CCC(=O)O)n[nH]c1=S. The van der Waals surface area contributed by atoms with Crippen LogP contribution in [0.3, 0.4) is 0 Å². The molecule has 0 aromatic carbocycles. The average Bonchev–Trinajstić information content (AvgIpc) is 2.44. The van der Waals surface area contributed by atoms with Gasteiger partial charge in [-0.3, -0.25) is 9.89 Å². The number of aryl methyl sites for hydroxylation is 1. The van der Waals surface area contributed by atoms with Crippen LogP contribution in [0.1, 0.15) is 26.1 Å². The average molecular weight is 229 g/mol. The Balaban J connectivity index is 2.79. The lowest BCUT2D eigenvalue weighted by Crippen LogP contribution is -2.10. The number of rotatable bonds is 5. The van der Waals surface area contributed by atoms with Crippen molar-refractivity contribution in [3.63, 3.8) is 0 Å². The number of hydrogen-bond acceptors (Lipinski definition) is 3. The Morgan fingerprint density at radius 3 is 2.87 bits per heavy atom. The number of nitrogens with one attached hydrogen (secondary N) is 1. The first kappa shape index (κ1) is 11.9. The van der Waals surface area contributed by atoms with Crippen molar-refractivity contribution in [1.29, 1.82) is 0 Å². The van der Waals surface area contributed by atoms with Crippen molar-refractivity contribution in [3.8, 4) is 0 Å². The predicted octanol–water partition coefficient (Wildman–Crippen LogP) is 1.61. The second-order valence-corrected chi connectivity index (χ2v) is 4.23. The molecule has 0 spiro atoms. The maximum absolute atomic E-state index is 10.4. The number of aromatic nitrogens is 3. The standard InChI is InChI=1S/C9H15N3O2S/c1-6(2)5-12-7(3-4-8(13)14)10-11-9(12)15/h6H,3-5H2,1-2H3,(H,11,15)(H,13,14). The number of aromatic amines is 1. The molecular formula is C9H15N3O2S. The van der Waals surface area contributed by atoms with Crippen LogP contribution >= 0.6 is 12.2 Å². The van der Waals surface area contributed by atoms with E-state index in [1.807, 2.05) is 4.57 Å². The number of carbonyl (C=O) groups is 1. The summed E-state index contributed by atoms with van der Waals surface area (Å²) in [5.74, 6) is 0.356. The molecule has 0 fully saturated rings. The zero-order chi connectivity index (χ0) is 11.4. The van der Waals surface area contributed by atoms with E-state index >= 15 is 0 Å². The second kappa shape index (κ2) is 5.06. The van der Waals surface area contributed by atoms with Gasteiger partial charge in [-0.2, -0.15) is 5.10 Å². The molecule has 5 nitrogen and oxygen atoms in total. The Morgan fingerprint density at radius 1 is 1.67 bits per heavy atom. The lowest BCUT2D eigenvalue weighted by atomic mass is 10.2. The molecule has 1 aromatic rings. The molecule has 0 unspecified atom stereocenters. The number of hydrogen-bond donors (Lipinski definition) is 2. The van der Waals surface area contributed by atoms with Gasteiger partial charge in [0.1, 0.15) is 5.82 Å². The van der Waals surface area contributed by atoms with E-state index in [1.165, 1.54) is 0 Å². The van der Waals surface area contributed by atoms with E-state index in [0.29, 0.717) is 17.1 Å². The van der Waals surface area contributed by atoms with Crippen molar-refractivity contribution in [2.24, 2.45) is 5.92 Å². The fraction of sp³-hybridized carbons (Fsp3) is 0.667. The maximum Gasteiger partial charge on any atom is 0.303 e. The van der Waals surface area contributed by atoms with Crippen molar-refractivity contribution in [2.45, 2.75) is 33.2 Å². The van der Waals surface area contributed by atoms with Crippen LogP contribution in [0, 0.1) is 10.7 Å². The van der Waals surface area contributed by atoms with E-state index in [1.54, 1.807) is 0 Å². The van der Waals surface area contributed by atoms with E-state index < -0.39 is 5.97 Å². The zero-order valence-corrected chi connectivity index (χ0v) is 9.67. The Kier molecular flexibility index (Phi) is 4.02. The molecule has 0 amide bonds. The van der Waals surface area contributed by atoms with Gasteiger partial charge in [0, 0.05) is 13.0 Å². The molecule has 2 N–H and O–H groups in total. The highest BCUT2D eigenvalue weighted by atomic mass is 32.1. The maximum atomic E-state index is 10.4. The number of carboxylic acid groups (broad SMARTS) is 1. The van der Waals surface area contributed by atoms with Gasteiger partial charge in [-0.1, -0.05) is 13.8 Å². The second-order valence-electron chi connectivity index (χ2n) is 3.84. The van der Waals surface area contributed by atoms with Gasteiger partial charge in [0.2, 0.25) is 0 Å². The van der Waals surface area contributed by atoms with E-state index in [-0.39, 0.29) is 6.42 Å². The first-order chi connectivity index (χ1) is 7.00. The highest BCUT2D eigenvalue weighted by Crippen LogP contribution is 2.06. The third kappa shape index (κ3) is 3.47. The van der Waals surface area contributed by atoms with Gasteiger partial charge < -0.3 is 9.67 Å². The smallest absolute Gasteiger partial charge is 0.303 e. The molecule has 0 atom stereocenters. The predicted molar refractivity (Wildman–Crippen MR) is 58.2 cm³/mol. The first-order valence-corrected chi connectivity index (χ1v) is 5.27. The topological polar surface area (TPSA) is 70.9 Å². The van der Waals surface area contributed by atoms with Crippen LogP contribution < -0.4 is 0 Å². The Labute approximate surface area is 93.1 Å². The summed E-state index contributed by atoms with van der Waals surface area (Å²) < 4.78 is 2.42. The van der Waals surface area contributed by atoms with Crippen LogP contribution in [0.15, 0.2) is 0 Å². The molecule has 1 aromatic heterocycles. The van der Waals surface area contributed by atoms with Crippen LogP contribution in [0.25, 0.3) is 0 Å². The number of carboxylic acids is 1. The molecule has 0 bridgehead atoms. The molecule has 1 heterocycles. The van der Waals surface area contributed by atoms with Gasteiger partial charge in [-0.05, 0) is 18.1 Å². The minimum absolute atomic E-state index is 0.0811. The van der Waals surface area contributed by atoms with Crippen LogP contribution in [-0.4, -0.2) is 25.8 Å². The monoisotopic (exact) mass is 229 g/mol. The Hall–Kier alpha value is -1.17. The number of aliphatic carboxylic acids is 1. The third-order valence-corrected chi connectivity index (χ3v) is 2.26. The zero-order valence-electron chi connectivity index (χ0n) is 8.86. The largest absolute Gasteiger partial charge is 0.481 e. The van der Waals surface area contributed by atoms with E-state index in [0.717, 1.165) is 12.4 Å². The van der Waals surface area contributed by atoms with Gasteiger partial charge >= 0.3 is 5.97 Å². The van der Waals surface area contributed by atoms with E-state index in [2.05, 4.69) is 24.0 Å². The Bertz CT molecular complexity index is 394. The summed E-state index contributed by atoms with van der Waals surface area (Å²) in [5.41, 5.74) is 0. The molecule has 0 saturated heterocycles. The van der Waals surface area contributed by atoms with Gasteiger partial charge in [-0.15, -0.1) is 0 Å². The van der Waals surface area contributed by atoms with Crippen molar-refractivity contribution in [1.82, 2.24) is 14.8 Å². The van der Waals surface area contributed by atoms with Crippen LogP contribution in [0.5, 0.6) is 0 Å². The normalized spacial score (nSPS) is 10.9. The highest BCUT2D eigenvalue weighted by Gasteiger charge is 2.09. The van der Waals surface area contributed by atoms with Crippen LogP contribution in [0.4, 0.5) is 0 Å². The van der Waals surface area contributed by atoms with Gasteiger partial charge in [0.05, 0.1) is 6.42 Å². The highest BCUT2D eigenvalue weighted by molar-refractivity contribution is 7.71. The summed E-state index contributed by atoms with van der Waals surface area (Å²) in [6, 6.07) is 0. The first-order valence-electron chi connectivity index (χ1n) is 4.86. The van der Waals surface area contributed by atoms with Crippen molar-refractivity contribution < 1.29 is 9.90 Å². The Morgan fingerprint density at radius 2 is 2.33 bits per heavy atom. The summed E-state index contributed by atoms with van der Waals surface area (Å²) >= 11 is 5.07. The van der Waals surface area contributed by atoms with Crippen molar-refractivity contribution in [2.75, 3.05) is 0 Å². The third-order valence-electron chi connectivity index (χ3n) is 1.95. The van der Waals surface area contributed by atoms with Gasteiger partial charge in [-0.25, -0.2) is 0 Å². The summed E-state index contributed by atoms with van der Waals surface area (Å²) in [6.45, 7) is 4.93. The van der Waals surface area contributed by atoms with Gasteiger partial charge in [0.25, 0.3) is 0 Å². The minimum Gasteiger partial charge on any atom is -0.481 e. The molecule has 6 heteroatoms. The molecule has 0 aliphatic rings. The lowest BCUT2D eigenvalue weighted by molar-refractivity contribution is -0.137. The number of nitrogens with zero attached hydrogens (tertiary/aromatic N) is 2. The molecule has 0 saturated carbocycles. The molecule has 0 radical (unpaired) electrons. The van der Waals surface area contributed by atoms with Gasteiger partial charge in [0.15, 0.2) is 4.77 Å². The van der Waals surface area contributed by atoms with Crippen LogP contribution in [-0.2, 0) is 17.8 Å². The van der Waals surface area contributed by atoms with Crippen molar-refractivity contribution in [3.05, 3.63) is 10.6 Å². The fourth-order valence-electron chi connectivity index (χ4n) is 1.31. The molecule has 0 aliphatic carbocycles. The molecule has 15 heavy (non-hydrogen) atoms. The summed E-state index contributed by atoms with van der Waals surface area (Å²) in [5, 5.41) is 15.3. The summed E-state index contributed by atoms with van der Waals surface area (Å²) in [7, 11) is 0. The molecular weight excluding hydrogens is 214 g/mol. The molecule has 0 aliphatic heterocycles. The quantitative estimate of drug-likeness (QED) is 0.752. The van der Waals surface area contributed by atoms with E-state index in [4.69, 9.17) is 17.3 Å². The fourth-order valence-corrected chi connectivity index (χ4v) is 1.54.